The molecule has 1 aromatic rings. The first-order valence-corrected chi connectivity index (χ1v) is 7.71. The van der Waals surface area contributed by atoms with Crippen LogP contribution in [0.4, 0.5) is 0 Å². The lowest BCUT2D eigenvalue weighted by molar-refractivity contribution is 0.0532. The molecule has 2 rings (SSSR count). The smallest absolute Gasteiger partial charge is 0.0951 e. The Morgan fingerprint density at radius 2 is 1.89 bits per heavy atom. The van der Waals surface area contributed by atoms with E-state index in [4.69, 9.17) is 0 Å². The summed E-state index contributed by atoms with van der Waals surface area (Å²) in [5, 5.41) is 10.6. The molecule has 0 heterocycles. The molecule has 0 radical (unpaired) electrons. The minimum Gasteiger partial charge on any atom is -0.387 e. The predicted octanol–water partition coefficient (Wildman–Crippen LogP) is 3.40. The van der Waals surface area contributed by atoms with E-state index in [2.05, 4.69) is 43.9 Å². The van der Waals surface area contributed by atoms with Crippen LogP contribution in [0.25, 0.3) is 0 Å². The van der Waals surface area contributed by atoms with E-state index in [1.54, 1.807) is 0 Å². The SMILES string of the molecule is CCC(CC)CN(CC)C1Cc2ccccc2C1O. The van der Waals surface area contributed by atoms with Crippen molar-refractivity contribution in [2.24, 2.45) is 5.92 Å². The van der Waals surface area contributed by atoms with Gasteiger partial charge in [-0.25, -0.2) is 0 Å². The number of likely N-dealkylation sites (N-methyl/N-ethyl adjacent to an activating group) is 1. The van der Waals surface area contributed by atoms with Crippen molar-refractivity contribution in [1.29, 1.82) is 0 Å². The molecule has 1 aliphatic rings. The third kappa shape index (κ3) is 3.01. The van der Waals surface area contributed by atoms with Gasteiger partial charge in [0.15, 0.2) is 0 Å². The predicted molar refractivity (Wildman–Crippen MR) is 80.2 cm³/mol. The zero-order valence-electron chi connectivity index (χ0n) is 12.5. The highest BCUT2D eigenvalue weighted by Gasteiger charge is 2.34. The third-order valence-electron chi connectivity index (χ3n) is 4.69. The molecule has 0 amide bonds. The van der Waals surface area contributed by atoms with Crippen LogP contribution in [0.5, 0.6) is 0 Å². The maximum atomic E-state index is 10.6. The Kier molecular flexibility index (Phi) is 5.00. The fourth-order valence-corrected chi connectivity index (χ4v) is 3.26. The van der Waals surface area contributed by atoms with Gasteiger partial charge in [-0.15, -0.1) is 0 Å². The molecule has 2 heteroatoms. The molecule has 0 spiro atoms. The minimum atomic E-state index is -0.314. The van der Waals surface area contributed by atoms with E-state index < -0.39 is 0 Å². The first-order valence-electron chi connectivity index (χ1n) is 7.71. The molecular formula is C17H27NO. The van der Waals surface area contributed by atoms with Crippen LogP contribution in [0.3, 0.4) is 0 Å². The summed E-state index contributed by atoms with van der Waals surface area (Å²) in [6.07, 6.45) is 3.13. The number of fused-ring (bicyclic) bond motifs is 1. The van der Waals surface area contributed by atoms with Crippen LogP contribution in [0.15, 0.2) is 24.3 Å². The molecule has 1 N–H and O–H groups in total. The Morgan fingerprint density at radius 1 is 1.21 bits per heavy atom. The van der Waals surface area contributed by atoms with Crippen molar-refractivity contribution in [2.75, 3.05) is 13.1 Å². The summed E-state index contributed by atoms with van der Waals surface area (Å²) in [7, 11) is 0. The van der Waals surface area contributed by atoms with E-state index in [0.29, 0.717) is 0 Å². The van der Waals surface area contributed by atoms with E-state index in [9.17, 15) is 5.11 Å². The van der Waals surface area contributed by atoms with Crippen LogP contribution in [0.2, 0.25) is 0 Å². The van der Waals surface area contributed by atoms with Crippen molar-refractivity contribution >= 4 is 0 Å². The molecule has 0 fully saturated rings. The van der Waals surface area contributed by atoms with Crippen molar-refractivity contribution < 1.29 is 5.11 Å². The fraction of sp³-hybridized carbons (Fsp3) is 0.647. The van der Waals surface area contributed by atoms with Gasteiger partial charge in [0.05, 0.1) is 6.10 Å². The average molecular weight is 261 g/mol. The van der Waals surface area contributed by atoms with Gasteiger partial charge in [-0.05, 0) is 30.0 Å². The molecule has 19 heavy (non-hydrogen) atoms. The summed E-state index contributed by atoms with van der Waals surface area (Å²) in [4.78, 5) is 2.47. The second-order valence-corrected chi connectivity index (χ2v) is 5.69. The molecule has 0 bridgehead atoms. The summed E-state index contributed by atoms with van der Waals surface area (Å²) in [6, 6.07) is 8.60. The first-order chi connectivity index (χ1) is 9.21. The largest absolute Gasteiger partial charge is 0.387 e. The van der Waals surface area contributed by atoms with Crippen molar-refractivity contribution in [3.63, 3.8) is 0 Å². The summed E-state index contributed by atoms with van der Waals surface area (Å²) in [5.74, 6) is 0.746. The Hall–Kier alpha value is -0.860. The summed E-state index contributed by atoms with van der Waals surface area (Å²) >= 11 is 0. The standard InChI is InChI=1S/C17H27NO/c1-4-13(5-2)12-18(6-3)16-11-14-9-7-8-10-15(14)17(16)19/h7-10,13,16-17,19H,4-6,11-12H2,1-3H3. The number of nitrogens with zero attached hydrogens (tertiary/aromatic N) is 1. The lowest BCUT2D eigenvalue weighted by Gasteiger charge is -2.32. The quantitative estimate of drug-likeness (QED) is 0.848. The number of aliphatic hydroxyl groups is 1. The van der Waals surface area contributed by atoms with Crippen LogP contribution in [0.1, 0.15) is 50.8 Å². The number of rotatable bonds is 6. The maximum absolute atomic E-state index is 10.6. The first kappa shape index (κ1) is 14.5. The molecule has 0 aromatic heterocycles. The lowest BCUT2D eigenvalue weighted by Crippen LogP contribution is -2.41. The maximum Gasteiger partial charge on any atom is 0.0951 e. The second kappa shape index (κ2) is 6.53. The molecule has 2 atom stereocenters. The fourth-order valence-electron chi connectivity index (χ4n) is 3.26. The molecule has 0 saturated carbocycles. The van der Waals surface area contributed by atoms with Crippen molar-refractivity contribution in [3.8, 4) is 0 Å². The van der Waals surface area contributed by atoms with Gasteiger partial charge in [0, 0.05) is 12.6 Å². The van der Waals surface area contributed by atoms with Gasteiger partial charge in [0.25, 0.3) is 0 Å². The Labute approximate surface area is 117 Å². The zero-order chi connectivity index (χ0) is 13.8. The number of aliphatic hydroxyl groups excluding tert-OH is 1. The molecule has 106 valence electrons. The molecule has 0 saturated heterocycles. The second-order valence-electron chi connectivity index (χ2n) is 5.69. The topological polar surface area (TPSA) is 23.5 Å². The van der Waals surface area contributed by atoms with Crippen molar-refractivity contribution in [2.45, 2.75) is 52.2 Å². The lowest BCUT2D eigenvalue weighted by atomic mass is 10.0. The van der Waals surface area contributed by atoms with E-state index in [1.807, 2.05) is 6.07 Å². The highest BCUT2D eigenvalue weighted by molar-refractivity contribution is 5.35. The molecule has 2 nitrogen and oxygen atoms in total. The van der Waals surface area contributed by atoms with Gasteiger partial charge < -0.3 is 5.11 Å². The van der Waals surface area contributed by atoms with Gasteiger partial charge in [-0.1, -0.05) is 57.9 Å². The Morgan fingerprint density at radius 3 is 2.47 bits per heavy atom. The molecule has 2 unspecified atom stereocenters. The Balaban J connectivity index is 2.09. The van der Waals surface area contributed by atoms with E-state index in [-0.39, 0.29) is 12.1 Å². The third-order valence-corrected chi connectivity index (χ3v) is 4.69. The normalized spacial score (nSPS) is 22.2. The van der Waals surface area contributed by atoms with Gasteiger partial charge in [-0.2, -0.15) is 0 Å². The van der Waals surface area contributed by atoms with E-state index in [1.165, 1.54) is 18.4 Å². The zero-order valence-corrected chi connectivity index (χ0v) is 12.5. The monoisotopic (exact) mass is 261 g/mol. The average Bonchev–Trinajstić information content (AvgIpc) is 2.78. The minimum absolute atomic E-state index is 0.267. The molecule has 0 aliphatic heterocycles. The van der Waals surface area contributed by atoms with Crippen LogP contribution in [-0.4, -0.2) is 29.1 Å². The van der Waals surface area contributed by atoms with Crippen LogP contribution < -0.4 is 0 Å². The highest BCUT2D eigenvalue weighted by atomic mass is 16.3. The van der Waals surface area contributed by atoms with Crippen LogP contribution in [0, 0.1) is 5.92 Å². The van der Waals surface area contributed by atoms with Crippen LogP contribution in [-0.2, 0) is 6.42 Å². The molecule has 1 aromatic carbocycles. The summed E-state index contributed by atoms with van der Waals surface area (Å²) < 4.78 is 0. The number of benzene rings is 1. The van der Waals surface area contributed by atoms with Gasteiger partial charge in [0.1, 0.15) is 0 Å². The highest BCUT2D eigenvalue weighted by Crippen LogP contribution is 2.34. The number of hydrogen-bond donors (Lipinski definition) is 1. The Bertz CT molecular complexity index is 400. The van der Waals surface area contributed by atoms with Crippen molar-refractivity contribution in [3.05, 3.63) is 35.4 Å². The van der Waals surface area contributed by atoms with Crippen LogP contribution >= 0.6 is 0 Å². The molecule has 1 aliphatic carbocycles. The van der Waals surface area contributed by atoms with E-state index >= 15 is 0 Å². The number of hydrogen-bond acceptors (Lipinski definition) is 2. The summed E-state index contributed by atoms with van der Waals surface area (Å²) in [6.45, 7) is 8.87. The van der Waals surface area contributed by atoms with E-state index in [0.717, 1.165) is 31.0 Å². The van der Waals surface area contributed by atoms with Gasteiger partial charge >= 0.3 is 0 Å². The van der Waals surface area contributed by atoms with Crippen molar-refractivity contribution in [1.82, 2.24) is 4.90 Å². The molecular weight excluding hydrogens is 234 g/mol. The van der Waals surface area contributed by atoms with Gasteiger partial charge in [0.2, 0.25) is 0 Å². The summed E-state index contributed by atoms with van der Waals surface area (Å²) in [5.41, 5.74) is 2.46. The van der Waals surface area contributed by atoms with Gasteiger partial charge in [-0.3, -0.25) is 4.90 Å².